The first-order valence-electron chi connectivity index (χ1n) is 6.81. The lowest BCUT2D eigenvalue weighted by atomic mass is 10.2. The van der Waals surface area contributed by atoms with Crippen molar-refractivity contribution in [3.63, 3.8) is 0 Å². The van der Waals surface area contributed by atoms with E-state index < -0.39 is 10.1 Å². The van der Waals surface area contributed by atoms with E-state index in [0.717, 1.165) is 11.1 Å². The third-order valence-corrected chi connectivity index (χ3v) is 3.82. The minimum absolute atomic E-state index is 0.178. The van der Waals surface area contributed by atoms with Gasteiger partial charge in [0.2, 0.25) is 0 Å². The number of pyridine rings is 1. The highest BCUT2D eigenvalue weighted by atomic mass is 32.2. The SMILES string of the molecule is COC(OC)c1ccc[n+](C)c1.Cc1ccc(S(=O)(=O)[O-])cc1. The summed E-state index contributed by atoms with van der Waals surface area (Å²) < 4.78 is 43.3. The van der Waals surface area contributed by atoms with Crippen molar-refractivity contribution in [2.24, 2.45) is 7.05 Å². The van der Waals surface area contributed by atoms with Gasteiger partial charge in [0.25, 0.3) is 0 Å². The van der Waals surface area contributed by atoms with Gasteiger partial charge in [-0.3, -0.25) is 0 Å². The molecule has 0 spiro atoms. The molecule has 0 N–H and O–H groups in total. The van der Waals surface area contributed by atoms with E-state index in [0.29, 0.717) is 0 Å². The molecule has 0 amide bonds. The van der Waals surface area contributed by atoms with Crippen LogP contribution in [0.1, 0.15) is 17.4 Å². The molecule has 0 atom stereocenters. The van der Waals surface area contributed by atoms with E-state index >= 15 is 0 Å². The third-order valence-electron chi connectivity index (χ3n) is 2.97. The molecule has 0 saturated heterocycles. The fraction of sp³-hybridized carbons (Fsp3) is 0.312. The molecule has 0 fully saturated rings. The Labute approximate surface area is 137 Å². The third kappa shape index (κ3) is 6.45. The fourth-order valence-corrected chi connectivity index (χ4v) is 2.29. The van der Waals surface area contributed by atoms with Crippen molar-refractivity contribution >= 4 is 10.1 Å². The summed E-state index contributed by atoms with van der Waals surface area (Å²) in [7, 11) is 0.947. The first-order valence-corrected chi connectivity index (χ1v) is 8.22. The largest absolute Gasteiger partial charge is 0.744 e. The summed E-state index contributed by atoms with van der Waals surface area (Å²) >= 11 is 0. The molecule has 0 saturated carbocycles. The Morgan fingerprint density at radius 2 is 1.65 bits per heavy atom. The van der Waals surface area contributed by atoms with Crippen molar-refractivity contribution in [3.05, 3.63) is 59.9 Å². The molecule has 0 aliphatic heterocycles. The molecule has 2 aromatic rings. The molecular formula is C16H21NO5S. The van der Waals surface area contributed by atoms with Crippen LogP contribution in [0.5, 0.6) is 0 Å². The average molecular weight is 339 g/mol. The van der Waals surface area contributed by atoms with Crippen LogP contribution in [0.25, 0.3) is 0 Å². The lowest BCUT2D eigenvalue weighted by molar-refractivity contribution is -0.672. The topological polar surface area (TPSA) is 79.5 Å². The predicted octanol–water partition coefficient (Wildman–Crippen LogP) is 1.70. The van der Waals surface area contributed by atoms with E-state index in [4.69, 9.17) is 9.47 Å². The van der Waals surface area contributed by atoms with E-state index in [1.54, 1.807) is 26.4 Å². The highest BCUT2D eigenvalue weighted by Gasteiger charge is 2.10. The molecule has 0 aliphatic carbocycles. The predicted molar refractivity (Wildman–Crippen MR) is 83.5 cm³/mol. The van der Waals surface area contributed by atoms with Crippen molar-refractivity contribution in [2.45, 2.75) is 18.1 Å². The number of benzene rings is 1. The van der Waals surface area contributed by atoms with Crippen LogP contribution in [0, 0.1) is 6.92 Å². The highest BCUT2D eigenvalue weighted by Crippen LogP contribution is 2.14. The smallest absolute Gasteiger partial charge is 0.188 e. The second kappa shape index (κ2) is 8.73. The summed E-state index contributed by atoms with van der Waals surface area (Å²) in [5, 5.41) is 0. The zero-order valence-electron chi connectivity index (χ0n) is 13.6. The number of hydrogen-bond donors (Lipinski definition) is 0. The number of aryl methyl sites for hydroxylation is 2. The van der Waals surface area contributed by atoms with Gasteiger partial charge in [-0.15, -0.1) is 0 Å². The van der Waals surface area contributed by atoms with Gasteiger partial charge in [-0.1, -0.05) is 17.7 Å². The van der Waals surface area contributed by atoms with E-state index in [2.05, 4.69) is 0 Å². The van der Waals surface area contributed by atoms with Crippen LogP contribution in [-0.4, -0.2) is 27.2 Å². The lowest BCUT2D eigenvalue weighted by Crippen LogP contribution is -2.27. The van der Waals surface area contributed by atoms with Gasteiger partial charge in [-0.25, -0.2) is 13.0 Å². The Balaban J connectivity index is 0.000000231. The molecule has 0 unspecified atom stereocenters. The Morgan fingerprint density at radius 3 is 2.09 bits per heavy atom. The van der Waals surface area contributed by atoms with Crippen LogP contribution in [0.4, 0.5) is 0 Å². The van der Waals surface area contributed by atoms with E-state index in [-0.39, 0.29) is 11.2 Å². The lowest BCUT2D eigenvalue weighted by Gasteiger charge is -2.11. The maximum absolute atomic E-state index is 10.4. The zero-order valence-corrected chi connectivity index (χ0v) is 14.4. The monoisotopic (exact) mass is 339 g/mol. The highest BCUT2D eigenvalue weighted by molar-refractivity contribution is 7.85. The summed E-state index contributed by atoms with van der Waals surface area (Å²) in [6.45, 7) is 1.82. The Bertz CT molecular complexity index is 710. The number of nitrogens with zero attached hydrogens (tertiary/aromatic N) is 1. The fourth-order valence-electron chi connectivity index (χ4n) is 1.82. The number of methoxy groups -OCH3 is 2. The Kier molecular flexibility index (Phi) is 7.31. The van der Waals surface area contributed by atoms with E-state index in [9.17, 15) is 13.0 Å². The summed E-state index contributed by atoms with van der Waals surface area (Å²) in [5.41, 5.74) is 1.95. The summed E-state index contributed by atoms with van der Waals surface area (Å²) in [6.07, 6.45) is 3.67. The van der Waals surface area contributed by atoms with Crippen LogP contribution >= 0.6 is 0 Å². The van der Waals surface area contributed by atoms with Gasteiger partial charge >= 0.3 is 0 Å². The summed E-state index contributed by atoms with van der Waals surface area (Å²) in [6, 6.07) is 9.71. The average Bonchev–Trinajstić information content (AvgIpc) is 2.49. The Morgan fingerprint density at radius 1 is 1.09 bits per heavy atom. The molecule has 0 bridgehead atoms. The number of aromatic nitrogens is 1. The minimum Gasteiger partial charge on any atom is -0.744 e. The molecule has 6 nitrogen and oxygen atoms in total. The molecule has 23 heavy (non-hydrogen) atoms. The first-order chi connectivity index (χ1) is 10.8. The minimum atomic E-state index is -4.27. The van der Waals surface area contributed by atoms with Crippen LogP contribution < -0.4 is 4.57 Å². The summed E-state index contributed by atoms with van der Waals surface area (Å²) in [5.74, 6) is 0. The van der Waals surface area contributed by atoms with E-state index in [1.807, 2.05) is 43.1 Å². The maximum atomic E-state index is 10.4. The molecule has 1 heterocycles. The van der Waals surface area contributed by atoms with Crippen molar-refractivity contribution in [3.8, 4) is 0 Å². The van der Waals surface area contributed by atoms with Crippen molar-refractivity contribution in [1.29, 1.82) is 0 Å². The van der Waals surface area contributed by atoms with Gasteiger partial charge in [-0.05, 0) is 25.1 Å². The van der Waals surface area contributed by atoms with Gasteiger partial charge < -0.3 is 14.0 Å². The van der Waals surface area contributed by atoms with Gasteiger partial charge in [0.05, 0.1) is 10.5 Å². The van der Waals surface area contributed by atoms with Crippen molar-refractivity contribution < 1.29 is 27.0 Å². The molecule has 2 rings (SSSR count). The van der Waals surface area contributed by atoms with Crippen molar-refractivity contribution in [1.82, 2.24) is 0 Å². The van der Waals surface area contributed by atoms with Gasteiger partial charge in [0.15, 0.2) is 18.7 Å². The molecule has 1 aromatic carbocycles. The number of rotatable bonds is 4. The van der Waals surface area contributed by atoms with Gasteiger partial charge in [-0.2, -0.15) is 0 Å². The number of hydrogen-bond acceptors (Lipinski definition) is 5. The standard InChI is InChI=1S/C9H14NO2.C7H8O3S/c1-10-6-4-5-8(7-10)9(11-2)12-3;1-6-2-4-7(5-3-6)11(8,9)10/h4-7,9H,1-3H3;2-5H,1H3,(H,8,9,10)/q+1;/p-1. The molecule has 1 aromatic heterocycles. The second-order valence-corrected chi connectivity index (χ2v) is 6.25. The van der Waals surface area contributed by atoms with Crippen LogP contribution in [-0.2, 0) is 26.6 Å². The van der Waals surface area contributed by atoms with Gasteiger partial charge in [0, 0.05) is 20.3 Å². The summed E-state index contributed by atoms with van der Waals surface area (Å²) in [4.78, 5) is -0.178. The Hall–Kier alpha value is -1.80. The van der Waals surface area contributed by atoms with Gasteiger partial charge in [0.1, 0.15) is 17.2 Å². The zero-order chi connectivity index (χ0) is 17.5. The molecule has 0 aliphatic rings. The number of ether oxygens (including phenoxy) is 2. The first kappa shape index (κ1) is 19.2. The second-order valence-electron chi connectivity index (χ2n) is 4.87. The molecule has 0 radical (unpaired) electrons. The maximum Gasteiger partial charge on any atom is 0.188 e. The van der Waals surface area contributed by atoms with Crippen molar-refractivity contribution in [2.75, 3.05) is 14.2 Å². The molecule has 7 heteroatoms. The quantitative estimate of drug-likeness (QED) is 0.481. The molecular weight excluding hydrogens is 318 g/mol. The van der Waals surface area contributed by atoms with Crippen LogP contribution in [0.3, 0.4) is 0 Å². The van der Waals surface area contributed by atoms with Crippen LogP contribution in [0.2, 0.25) is 0 Å². The van der Waals surface area contributed by atoms with E-state index in [1.165, 1.54) is 12.1 Å². The molecule has 126 valence electrons. The van der Waals surface area contributed by atoms with Crippen LogP contribution in [0.15, 0.2) is 53.7 Å². The normalized spacial score (nSPS) is 11.0.